The van der Waals surface area contributed by atoms with Gasteiger partial charge in [0, 0.05) is 21.0 Å². The lowest BCUT2D eigenvalue weighted by Crippen LogP contribution is -2.44. The lowest BCUT2D eigenvalue weighted by molar-refractivity contribution is -0.172. The predicted molar refractivity (Wildman–Crippen MR) is 68.9 cm³/mol. The molecule has 1 aliphatic carbocycles. The van der Waals surface area contributed by atoms with E-state index in [1.54, 1.807) is 0 Å². The van der Waals surface area contributed by atoms with E-state index >= 15 is 0 Å². The average Bonchev–Trinajstić information content (AvgIpc) is 2.64. The monoisotopic (exact) mass is 259 g/mol. The third kappa shape index (κ3) is 2.27. The van der Waals surface area contributed by atoms with Gasteiger partial charge in [-0.1, -0.05) is 49.5 Å². The van der Waals surface area contributed by atoms with Crippen LogP contribution in [0.2, 0.25) is 0 Å². The van der Waals surface area contributed by atoms with Gasteiger partial charge < -0.3 is 9.84 Å². The van der Waals surface area contributed by atoms with E-state index in [-0.39, 0.29) is 0 Å². The highest BCUT2D eigenvalue weighted by Gasteiger charge is 2.46. The standard InChI is InChI=1S/C15H20O3/c1-18-14(16)15(17,12-8-4-2-5-9-12)13-10-6-3-7-11-13/h2,4-5,8-9,13,17H,3,6-7,10-11H2,1H3/i3D2,6D2,7D2,10D2,11D2,13D. The van der Waals surface area contributed by atoms with Gasteiger partial charge in [-0.25, -0.2) is 4.79 Å². The van der Waals surface area contributed by atoms with Gasteiger partial charge in [0.05, 0.1) is 7.11 Å². The maximum atomic E-state index is 12.6. The van der Waals surface area contributed by atoms with Gasteiger partial charge in [0.25, 0.3) is 0 Å². The molecular weight excluding hydrogens is 228 g/mol. The van der Waals surface area contributed by atoms with Crippen molar-refractivity contribution in [2.45, 2.75) is 37.5 Å². The highest BCUT2D eigenvalue weighted by Crippen LogP contribution is 2.40. The van der Waals surface area contributed by atoms with Crippen LogP contribution in [-0.2, 0) is 15.1 Å². The van der Waals surface area contributed by atoms with Crippen LogP contribution in [0.4, 0.5) is 0 Å². The molecule has 3 nitrogen and oxygen atoms in total. The second kappa shape index (κ2) is 5.53. The first kappa shape index (κ1) is 4.97. The van der Waals surface area contributed by atoms with Crippen LogP contribution < -0.4 is 0 Å². The molecule has 1 fully saturated rings. The van der Waals surface area contributed by atoms with E-state index in [1.807, 2.05) is 0 Å². The van der Waals surface area contributed by atoms with Gasteiger partial charge in [-0.3, -0.25) is 0 Å². The number of esters is 1. The fraction of sp³-hybridized carbons (Fsp3) is 0.533. The van der Waals surface area contributed by atoms with Crippen LogP contribution in [0.15, 0.2) is 30.3 Å². The molecule has 0 saturated heterocycles. The summed E-state index contributed by atoms with van der Waals surface area (Å²) >= 11 is 0. The molecular formula is C15H20O3. The third-order valence-electron chi connectivity index (χ3n) is 2.53. The zero-order chi connectivity index (χ0) is 22.9. The van der Waals surface area contributed by atoms with E-state index in [2.05, 4.69) is 4.74 Å². The van der Waals surface area contributed by atoms with E-state index in [0.29, 0.717) is 0 Å². The van der Waals surface area contributed by atoms with E-state index in [1.165, 1.54) is 18.2 Å². The Morgan fingerprint density at radius 2 is 2.00 bits per heavy atom. The zero-order valence-electron chi connectivity index (χ0n) is 20.7. The third-order valence-corrected chi connectivity index (χ3v) is 2.53. The van der Waals surface area contributed by atoms with Crippen LogP contribution in [0.25, 0.3) is 0 Å². The average molecular weight is 259 g/mol. The van der Waals surface area contributed by atoms with Crippen molar-refractivity contribution >= 4 is 5.97 Å². The van der Waals surface area contributed by atoms with Gasteiger partial charge in [0.2, 0.25) is 0 Å². The molecule has 0 heterocycles. The molecule has 1 aromatic rings. The molecule has 0 bridgehead atoms. The molecule has 1 saturated carbocycles. The van der Waals surface area contributed by atoms with Gasteiger partial charge >= 0.3 is 5.97 Å². The number of carbonyl (C=O) groups excluding carboxylic acids is 1. The topological polar surface area (TPSA) is 46.5 Å². The second-order valence-electron chi connectivity index (χ2n) is 3.57. The molecule has 0 aliphatic heterocycles. The number of benzene rings is 1. The zero-order valence-corrected chi connectivity index (χ0v) is 9.65. The Bertz CT molecular complexity index is 779. The van der Waals surface area contributed by atoms with Crippen molar-refractivity contribution in [2.75, 3.05) is 7.11 Å². The van der Waals surface area contributed by atoms with Crippen molar-refractivity contribution in [3.05, 3.63) is 35.9 Å². The van der Waals surface area contributed by atoms with Crippen molar-refractivity contribution in [1.82, 2.24) is 0 Å². The summed E-state index contributed by atoms with van der Waals surface area (Å²) in [6, 6.07) is 6.10. The van der Waals surface area contributed by atoms with Crippen molar-refractivity contribution < 1.29 is 29.7 Å². The van der Waals surface area contributed by atoms with E-state index in [0.717, 1.165) is 19.2 Å². The molecule has 2 rings (SSSR count). The van der Waals surface area contributed by atoms with Gasteiger partial charge in [-0.2, -0.15) is 0 Å². The van der Waals surface area contributed by atoms with Crippen molar-refractivity contribution in [1.29, 1.82) is 0 Å². The maximum absolute atomic E-state index is 12.6. The molecule has 1 atom stereocenters. The molecule has 1 N–H and O–H groups in total. The van der Waals surface area contributed by atoms with Gasteiger partial charge in [0.15, 0.2) is 5.60 Å². The number of hydrogen-bond donors (Lipinski definition) is 1. The van der Waals surface area contributed by atoms with Gasteiger partial charge in [-0.05, 0) is 18.3 Å². The molecule has 1 aliphatic rings. The number of rotatable bonds is 3. The number of aliphatic hydroxyl groups is 1. The highest BCUT2D eigenvalue weighted by molar-refractivity contribution is 5.81. The Balaban J connectivity index is 3.08. The smallest absolute Gasteiger partial charge is 0.342 e. The summed E-state index contributed by atoms with van der Waals surface area (Å²) in [5.74, 6) is -5.64. The summed E-state index contributed by atoms with van der Waals surface area (Å²) in [5.41, 5.74) is -4.07. The lowest BCUT2D eigenvalue weighted by Gasteiger charge is -2.36. The summed E-state index contributed by atoms with van der Waals surface area (Å²) in [5, 5.41) is 11.3. The SMILES string of the molecule is [2H]C1([2H])C([2H])([2H])C([2H])([2H])C([2H])(C(O)(C(=O)OC)c2ccccc2)C([2H])([2H])C1([2H])[2H]. The van der Waals surface area contributed by atoms with E-state index in [9.17, 15) is 9.90 Å². The van der Waals surface area contributed by atoms with E-state index < -0.39 is 54.9 Å². The molecule has 3 heteroatoms. The number of carbonyl (C=O) groups is 1. The van der Waals surface area contributed by atoms with Crippen LogP contribution >= 0.6 is 0 Å². The Morgan fingerprint density at radius 3 is 2.56 bits per heavy atom. The maximum Gasteiger partial charge on any atom is 0.342 e. The summed E-state index contributed by atoms with van der Waals surface area (Å²) < 4.78 is 93.7. The number of ether oxygens (including phenoxy) is 1. The van der Waals surface area contributed by atoms with Crippen LogP contribution in [0.5, 0.6) is 0 Å². The molecule has 1 unspecified atom stereocenters. The number of hydrogen-bond acceptors (Lipinski definition) is 3. The summed E-state index contributed by atoms with van der Waals surface area (Å²) in [6.07, 6.45) is -19.3. The normalized spacial score (nSPS) is 44.9. The van der Waals surface area contributed by atoms with E-state index in [4.69, 9.17) is 15.1 Å². The molecule has 0 radical (unpaired) electrons. The van der Waals surface area contributed by atoms with Crippen molar-refractivity contribution in [3.8, 4) is 0 Å². The Kier molecular flexibility index (Phi) is 1.53. The minimum atomic E-state index is -3.92. The lowest BCUT2D eigenvalue weighted by atomic mass is 9.73. The first-order chi connectivity index (χ1) is 12.8. The Hall–Kier alpha value is -1.35. The molecule has 18 heavy (non-hydrogen) atoms. The van der Waals surface area contributed by atoms with Crippen LogP contribution in [-0.4, -0.2) is 18.2 Å². The van der Waals surface area contributed by atoms with Crippen LogP contribution in [0.3, 0.4) is 0 Å². The molecule has 0 spiro atoms. The summed E-state index contributed by atoms with van der Waals surface area (Å²) in [7, 11) is 0.774. The highest BCUT2D eigenvalue weighted by atomic mass is 16.5. The summed E-state index contributed by atoms with van der Waals surface area (Å²) in [6.45, 7) is 0. The molecule has 98 valence electrons. The molecule has 0 amide bonds. The van der Waals surface area contributed by atoms with Gasteiger partial charge in [0.1, 0.15) is 0 Å². The second-order valence-corrected chi connectivity index (χ2v) is 3.57. The fourth-order valence-electron chi connectivity index (χ4n) is 1.62. The van der Waals surface area contributed by atoms with Crippen LogP contribution in [0, 0.1) is 5.89 Å². The number of methoxy groups -OCH3 is 1. The molecule has 0 aromatic heterocycles. The predicted octanol–water partition coefficient (Wildman–Crippen LogP) is 2.63. The largest absolute Gasteiger partial charge is 0.467 e. The summed E-state index contributed by atoms with van der Waals surface area (Å²) in [4.78, 5) is 12.6. The Labute approximate surface area is 123 Å². The quantitative estimate of drug-likeness (QED) is 0.849. The fourth-order valence-corrected chi connectivity index (χ4v) is 1.62. The molecule has 1 aromatic carbocycles. The minimum Gasteiger partial charge on any atom is -0.467 e. The van der Waals surface area contributed by atoms with Crippen molar-refractivity contribution in [2.24, 2.45) is 5.89 Å². The first-order valence-corrected chi connectivity index (χ1v) is 5.20. The van der Waals surface area contributed by atoms with Crippen molar-refractivity contribution in [3.63, 3.8) is 0 Å². The minimum absolute atomic E-state index is 0.538. The Morgan fingerprint density at radius 1 is 1.39 bits per heavy atom. The van der Waals surface area contributed by atoms with Gasteiger partial charge in [-0.15, -0.1) is 0 Å². The first-order valence-electron chi connectivity index (χ1n) is 10.7. The van der Waals surface area contributed by atoms with Crippen LogP contribution in [0.1, 0.15) is 52.5 Å².